The molecule has 1 aromatic carbocycles. The summed E-state index contributed by atoms with van der Waals surface area (Å²) in [7, 11) is 1.69. The summed E-state index contributed by atoms with van der Waals surface area (Å²) in [6.45, 7) is 5.14. The number of fused-ring (bicyclic) bond motifs is 2. The zero-order chi connectivity index (χ0) is 26.1. The molecule has 5 aromatic rings. The minimum atomic E-state index is -0.221. The van der Waals surface area contributed by atoms with E-state index >= 15 is 0 Å². The molecule has 4 aromatic heterocycles. The van der Waals surface area contributed by atoms with Crippen LogP contribution < -0.4 is 10.5 Å². The molecule has 0 spiro atoms. The predicted molar refractivity (Wildman–Crippen MR) is 156 cm³/mol. The van der Waals surface area contributed by atoms with Gasteiger partial charge in [0.2, 0.25) is 0 Å². The molecule has 0 fully saturated rings. The number of benzene rings is 1. The highest BCUT2D eigenvalue weighted by atomic mass is 127. The van der Waals surface area contributed by atoms with E-state index in [0.29, 0.717) is 41.6 Å². The Kier molecular flexibility index (Phi) is 7.75. The average Bonchev–Trinajstić information content (AvgIpc) is 3.51. The van der Waals surface area contributed by atoms with E-state index in [1.165, 1.54) is 0 Å². The topological polar surface area (TPSA) is 95.4 Å². The van der Waals surface area contributed by atoms with E-state index in [0.717, 1.165) is 16.9 Å². The summed E-state index contributed by atoms with van der Waals surface area (Å²) in [4.78, 5) is 29.5. The van der Waals surface area contributed by atoms with E-state index in [-0.39, 0.29) is 17.6 Å². The van der Waals surface area contributed by atoms with Crippen molar-refractivity contribution in [2.45, 2.75) is 25.9 Å². The van der Waals surface area contributed by atoms with Crippen LogP contribution in [-0.2, 0) is 4.74 Å². The molecule has 5 rings (SSSR count). The first-order valence-corrected chi connectivity index (χ1v) is 16.0. The van der Waals surface area contributed by atoms with Crippen molar-refractivity contribution in [2.75, 3.05) is 25.1 Å². The number of hydrogen-bond donors (Lipinski definition) is 0. The molecule has 0 aliphatic rings. The van der Waals surface area contributed by atoms with Gasteiger partial charge in [0, 0.05) is 32.3 Å². The lowest BCUT2D eigenvalue weighted by Crippen LogP contribution is -2.37. The number of nitrogens with zero attached hydrogens (tertiary/aromatic N) is 8. The van der Waals surface area contributed by atoms with E-state index in [4.69, 9.17) is 21.4 Å². The molecule has 4 heterocycles. The second-order valence-corrected chi connectivity index (χ2v) is 11.2. The Bertz CT molecular complexity index is 1610. The Morgan fingerprint density at radius 2 is 1.92 bits per heavy atom. The van der Waals surface area contributed by atoms with Gasteiger partial charge in [-0.15, -0.1) is 0 Å². The van der Waals surface area contributed by atoms with Gasteiger partial charge in [-0.1, -0.05) is 36.7 Å². The van der Waals surface area contributed by atoms with Gasteiger partial charge in [-0.3, -0.25) is 13.7 Å². The Labute approximate surface area is 233 Å². The van der Waals surface area contributed by atoms with Crippen molar-refractivity contribution in [2.24, 2.45) is 0 Å². The van der Waals surface area contributed by atoms with Crippen molar-refractivity contribution in [3.63, 3.8) is 0 Å². The summed E-state index contributed by atoms with van der Waals surface area (Å²) in [6, 6.07) is 11.2. The quantitative estimate of drug-likeness (QED) is 0.168. The standard InChI is InChI=1S/C24H25ClIN8O2P/c1-15(11-31(12-16(2)36-3)22-19-23(28-13-27-22)33(37-26)14-29-19)21-30-32-10-9-18(25)20(32)24(35)34(21)17-7-5-4-6-8-17/h4-10,13-16,37H,11-12H2,1-3H3. The maximum atomic E-state index is 13.7. The predicted octanol–water partition coefficient (Wildman–Crippen LogP) is 4.71. The van der Waals surface area contributed by atoms with Gasteiger partial charge in [0.1, 0.15) is 24.0 Å². The van der Waals surface area contributed by atoms with Crippen LogP contribution in [0.15, 0.2) is 60.0 Å². The van der Waals surface area contributed by atoms with E-state index < -0.39 is 0 Å². The molecule has 0 N–H and O–H groups in total. The minimum Gasteiger partial charge on any atom is -0.380 e. The van der Waals surface area contributed by atoms with Gasteiger partial charge in [-0.25, -0.2) is 19.5 Å². The highest BCUT2D eigenvalue weighted by Crippen LogP contribution is 2.31. The van der Waals surface area contributed by atoms with Gasteiger partial charge >= 0.3 is 0 Å². The number of hydrogen-bond acceptors (Lipinski definition) is 7. The number of aromatic nitrogens is 7. The van der Waals surface area contributed by atoms with Crippen molar-refractivity contribution >= 4 is 62.5 Å². The van der Waals surface area contributed by atoms with Crippen molar-refractivity contribution in [1.29, 1.82) is 0 Å². The van der Waals surface area contributed by atoms with Crippen LogP contribution in [0.25, 0.3) is 22.4 Å². The molecule has 0 radical (unpaired) electrons. The molecule has 10 nitrogen and oxygen atoms in total. The Morgan fingerprint density at radius 1 is 1.14 bits per heavy atom. The third-order valence-corrected chi connectivity index (χ3v) is 8.57. The van der Waals surface area contributed by atoms with Gasteiger partial charge in [0.25, 0.3) is 5.56 Å². The minimum absolute atomic E-state index is 0.0687. The fraction of sp³-hybridized carbons (Fsp3) is 0.292. The molecule has 0 amide bonds. The molecule has 13 heteroatoms. The third kappa shape index (κ3) is 4.97. The second-order valence-electron chi connectivity index (χ2n) is 8.71. The maximum absolute atomic E-state index is 13.7. The largest absolute Gasteiger partial charge is 0.380 e. The summed E-state index contributed by atoms with van der Waals surface area (Å²) in [5.41, 5.74) is 2.35. The molecule has 37 heavy (non-hydrogen) atoms. The van der Waals surface area contributed by atoms with E-state index in [1.54, 1.807) is 41.1 Å². The monoisotopic (exact) mass is 650 g/mol. The average molecular weight is 651 g/mol. The number of para-hydroxylation sites is 1. The number of imidazole rings is 1. The van der Waals surface area contributed by atoms with Gasteiger partial charge in [-0.2, -0.15) is 5.10 Å². The van der Waals surface area contributed by atoms with Gasteiger partial charge < -0.3 is 9.64 Å². The van der Waals surface area contributed by atoms with Crippen LogP contribution in [0.4, 0.5) is 5.82 Å². The number of methoxy groups -OCH3 is 1. The molecule has 192 valence electrons. The lowest BCUT2D eigenvalue weighted by atomic mass is 10.1. The Balaban J connectivity index is 1.62. The van der Waals surface area contributed by atoms with Crippen LogP contribution in [-0.4, -0.2) is 59.8 Å². The SMILES string of the molecule is COC(C)CN(CC(C)c1nn2ccc(Cl)c2c(=O)n1-c1ccccc1)c1ncnc2c1ncn2PI. The smallest absolute Gasteiger partial charge is 0.284 e. The van der Waals surface area contributed by atoms with Gasteiger partial charge in [0.15, 0.2) is 17.0 Å². The second kappa shape index (κ2) is 11.0. The van der Waals surface area contributed by atoms with E-state index in [9.17, 15) is 4.79 Å². The maximum Gasteiger partial charge on any atom is 0.284 e. The van der Waals surface area contributed by atoms with Crippen LogP contribution in [0.2, 0.25) is 5.02 Å². The van der Waals surface area contributed by atoms with Crippen LogP contribution in [0.3, 0.4) is 0 Å². The molecule has 0 aliphatic carbocycles. The van der Waals surface area contributed by atoms with Crippen molar-refractivity contribution in [3.05, 3.63) is 76.5 Å². The molecule has 0 saturated heterocycles. The molecule has 0 bridgehead atoms. The summed E-state index contributed by atoms with van der Waals surface area (Å²) < 4.78 is 10.8. The Hall–Kier alpha value is -2.60. The molecule has 3 atom stereocenters. The highest BCUT2D eigenvalue weighted by Gasteiger charge is 2.25. The number of halogens is 2. The Morgan fingerprint density at radius 3 is 2.65 bits per heavy atom. The number of ether oxygens (including phenoxy) is 1. The summed E-state index contributed by atoms with van der Waals surface area (Å²) >= 11 is 8.66. The van der Waals surface area contributed by atoms with E-state index in [1.807, 2.05) is 48.5 Å². The zero-order valence-electron chi connectivity index (χ0n) is 20.4. The molecule has 3 unspecified atom stereocenters. The van der Waals surface area contributed by atoms with Crippen molar-refractivity contribution in [3.8, 4) is 5.69 Å². The van der Waals surface area contributed by atoms with E-state index in [2.05, 4.69) is 41.9 Å². The lowest BCUT2D eigenvalue weighted by Gasteiger charge is -2.29. The number of rotatable bonds is 9. The highest BCUT2D eigenvalue weighted by molar-refractivity contribution is 14.2. The van der Waals surface area contributed by atoms with Crippen molar-refractivity contribution in [1.82, 2.24) is 33.5 Å². The zero-order valence-corrected chi connectivity index (χ0v) is 24.3. The normalized spacial score (nSPS) is 13.6. The van der Waals surface area contributed by atoms with Crippen LogP contribution in [0, 0.1) is 0 Å². The summed E-state index contributed by atoms with van der Waals surface area (Å²) in [6.07, 6.45) is 5.46. The first-order chi connectivity index (χ1) is 17.9. The lowest BCUT2D eigenvalue weighted by molar-refractivity contribution is 0.123. The first kappa shape index (κ1) is 26.0. The van der Waals surface area contributed by atoms with Crippen molar-refractivity contribution < 1.29 is 4.74 Å². The number of anilines is 1. The molecule has 0 aliphatic heterocycles. The van der Waals surface area contributed by atoms with Crippen LogP contribution >= 0.6 is 40.0 Å². The fourth-order valence-electron chi connectivity index (χ4n) is 4.35. The molecular formula is C24H25ClIN8O2P. The summed E-state index contributed by atoms with van der Waals surface area (Å²) in [5.74, 6) is 1.14. The fourth-order valence-corrected chi connectivity index (χ4v) is 5.98. The van der Waals surface area contributed by atoms with Gasteiger partial charge in [0.05, 0.1) is 23.2 Å². The van der Waals surface area contributed by atoms with Crippen LogP contribution in [0.5, 0.6) is 0 Å². The molecule has 0 saturated carbocycles. The third-order valence-electron chi connectivity index (χ3n) is 6.20. The molecular weight excluding hydrogens is 626 g/mol. The van der Waals surface area contributed by atoms with Gasteiger partial charge in [-0.05, 0) is 47.2 Å². The first-order valence-electron chi connectivity index (χ1n) is 11.6. The van der Waals surface area contributed by atoms with Crippen LogP contribution in [0.1, 0.15) is 25.6 Å². The summed E-state index contributed by atoms with van der Waals surface area (Å²) in [5, 5.41) is 5.21.